The standard InChI is InChI=1S/C36H37N3O6S2/c1-22-8-10-25(11-9-22)33-24(3)34-30-13-12-26(36(42)37-28-6-5-7-29(19-28)46-38-14-16-45-17-15-38)18-27(30)21-39(47(4,43)44)35(34)23(2)31(33)20-32(40)41/h5-13,18-19H,14-17,20-21H2,1-4H3,(H,37,42)(H,40,41). The van der Waals surface area contributed by atoms with Crippen molar-refractivity contribution in [1.29, 1.82) is 0 Å². The predicted molar refractivity (Wildman–Crippen MR) is 187 cm³/mol. The number of nitrogens with zero attached hydrogens (tertiary/aromatic N) is 2. The highest BCUT2D eigenvalue weighted by atomic mass is 32.2. The number of amides is 1. The number of hydrogen-bond donors (Lipinski definition) is 2. The molecule has 0 radical (unpaired) electrons. The van der Waals surface area contributed by atoms with Crippen molar-refractivity contribution in [3.63, 3.8) is 0 Å². The number of morpholine rings is 1. The van der Waals surface area contributed by atoms with Gasteiger partial charge in [-0.25, -0.2) is 12.7 Å². The minimum absolute atomic E-state index is 0.0185. The van der Waals surface area contributed by atoms with Crippen LogP contribution in [-0.4, -0.2) is 62.3 Å². The van der Waals surface area contributed by atoms with Crippen molar-refractivity contribution >= 4 is 45.2 Å². The number of benzene rings is 4. The van der Waals surface area contributed by atoms with Gasteiger partial charge in [0.2, 0.25) is 10.0 Å². The number of anilines is 2. The van der Waals surface area contributed by atoms with Gasteiger partial charge in [0.1, 0.15) is 0 Å². The second-order valence-corrected chi connectivity index (χ2v) is 15.1. The summed E-state index contributed by atoms with van der Waals surface area (Å²) >= 11 is 1.63. The van der Waals surface area contributed by atoms with Crippen molar-refractivity contribution in [2.75, 3.05) is 42.2 Å². The zero-order valence-electron chi connectivity index (χ0n) is 26.8. The van der Waals surface area contributed by atoms with Crippen LogP contribution in [0, 0.1) is 20.8 Å². The SMILES string of the molecule is Cc1ccc(-c2c(C)c3c(c(C)c2CC(=O)O)N(S(C)(=O)=O)Cc2cc(C(=O)Nc4cccc(SN5CCOCC5)c4)ccc2-3)cc1. The summed E-state index contributed by atoms with van der Waals surface area (Å²) in [7, 11) is -3.78. The Balaban J connectivity index is 1.41. The third kappa shape index (κ3) is 6.80. The molecule has 2 heterocycles. The molecule has 47 heavy (non-hydrogen) atoms. The van der Waals surface area contributed by atoms with E-state index in [0.717, 1.165) is 57.6 Å². The van der Waals surface area contributed by atoms with E-state index in [1.165, 1.54) is 4.31 Å². The summed E-state index contributed by atoms with van der Waals surface area (Å²) in [6.45, 7) is 8.76. The summed E-state index contributed by atoms with van der Waals surface area (Å²) < 4.78 is 35.6. The van der Waals surface area contributed by atoms with Crippen molar-refractivity contribution in [2.24, 2.45) is 0 Å². The van der Waals surface area contributed by atoms with E-state index >= 15 is 0 Å². The van der Waals surface area contributed by atoms with Crippen LogP contribution < -0.4 is 9.62 Å². The van der Waals surface area contributed by atoms with Crippen LogP contribution in [0.4, 0.5) is 11.4 Å². The number of carbonyl (C=O) groups is 2. The molecule has 2 N–H and O–H groups in total. The average Bonchev–Trinajstić information content (AvgIpc) is 3.03. The van der Waals surface area contributed by atoms with Crippen LogP contribution in [0.3, 0.4) is 0 Å². The summed E-state index contributed by atoms with van der Waals surface area (Å²) in [6, 6.07) is 21.0. The lowest BCUT2D eigenvalue weighted by Gasteiger charge is -2.36. The lowest BCUT2D eigenvalue weighted by molar-refractivity contribution is -0.136. The predicted octanol–water partition coefficient (Wildman–Crippen LogP) is 6.44. The van der Waals surface area contributed by atoms with Crippen LogP contribution in [0.15, 0.2) is 71.6 Å². The number of carboxylic acid groups (broad SMARTS) is 1. The number of rotatable bonds is 8. The Hall–Kier alpha value is -4.16. The second kappa shape index (κ2) is 13.2. The van der Waals surface area contributed by atoms with Crippen LogP contribution >= 0.6 is 11.9 Å². The molecular formula is C36H37N3O6S2. The van der Waals surface area contributed by atoms with E-state index in [2.05, 4.69) is 9.62 Å². The topological polar surface area (TPSA) is 116 Å². The molecule has 1 saturated heterocycles. The van der Waals surface area contributed by atoms with Crippen LogP contribution in [0.2, 0.25) is 0 Å². The van der Waals surface area contributed by atoms with Crippen molar-refractivity contribution in [1.82, 2.24) is 4.31 Å². The lowest BCUT2D eigenvalue weighted by atomic mass is 9.80. The number of aryl methyl sites for hydroxylation is 1. The quantitative estimate of drug-likeness (QED) is 0.206. The number of fused-ring (bicyclic) bond motifs is 3. The van der Waals surface area contributed by atoms with Gasteiger partial charge in [-0.1, -0.05) is 42.0 Å². The van der Waals surface area contributed by atoms with Gasteiger partial charge in [0.25, 0.3) is 5.91 Å². The molecule has 2 aliphatic heterocycles. The molecule has 244 valence electrons. The van der Waals surface area contributed by atoms with Gasteiger partial charge in [-0.05, 0) is 102 Å². The Morgan fingerprint density at radius 3 is 2.34 bits per heavy atom. The Kier molecular flexibility index (Phi) is 9.17. The Morgan fingerprint density at radius 1 is 0.936 bits per heavy atom. The van der Waals surface area contributed by atoms with Gasteiger partial charge in [-0.3, -0.25) is 13.9 Å². The van der Waals surface area contributed by atoms with Crippen molar-refractivity contribution in [3.8, 4) is 22.3 Å². The minimum atomic E-state index is -3.78. The van der Waals surface area contributed by atoms with Crippen molar-refractivity contribution < 1.29 is 27.9 Å². The van der Waals surface area contributed by atoms with Crippen molar-refractivity contribution in [3.05, 3.63) is 100 Å². The fraction of sp³-hybridized carbons (Fsp3) is 0.278. The third-order valence-electron chi connectivity index (χ3n) is 8.66. The first-order valence-electron chi connectivity index (χ1n) is 15.4. The van der Waals surface area contributed by atoms with Gasteiger partial charge in [-0.15, -0.1) is 0 Å². The summed E-state index contributed by atoms with van der Waals surface area (Å²) in [4.78, 5) is 26.6. The first kappa shape index (κ1) is 32.8. The molecule has 0 aromatic heterocycles. The number of aliphatic carboxylic acids is 1. The maximum atomic E-state index is 13.5. The summed E-state index contributed by atoms with van der Waals surface area (Å²) in [6.07, 6.45) is 0.901. The fourth-order valence-corrected chi connectivity index (χ4v) is 8.30. The number of hydrogen-bond acceptors (Lipinski definition) is 7. The Bertz CT molecular complexity index is 1990. The van der Waals surface area contributed by atoms with E-state index in [1.54, 1.807) is 31.0 Å². The van der Waals surface area contributed by atoms with Crippen LogP contribution in [0.25, 0.3) is 22.3 Å². The molecule has 0 atom stereocenters. The van der Waals surface area contributed by atoms with Gasteiger partial charge in [-0.2, -0.15) is 0 Å². The van der Waals surface area contributed by atoms with E-state index in [0.29, 0.717) is 46.8 Å². The van der Waals surface area contributed by atoms with Gasteiger partial charge in [0.05, 0.1) is 38.1 Å². The summed E-state index contributed by atoms with van der Waals surface area (Å²) in [5.41, 5.74) is 8.46. The molecule has 4 aromatic rings. The lowest BCUT2D eigenvalue weighted by Crippen LogP contribution is -2.34. The fourth-order valence-electron chi connectivity index (χ4n) is 6.42. The molecule has 1 fully saturated rings. The minimum Gasteiger partial charge on any atom is -0.481 e. The molecule has 0 bridgehead atoms. The molecule has 11 heteroatoms. The molecule has 2 aliphatic rings. The zero-order valence-corrected chi connectivity index (χ0v) is 28.4. The number of carbonyl (C=O) groups excluding carboxylic acids is 1. The van der Waals surface area contributed by atoms with E-state index in [9.17, 15) is 23.1 Å². The van der Waals surface area contributed by atoms with Crippen LogP contribution in [0.1, 0.15) is 38.2 Å². The van der Waals surface area contributed by atoms with Gasteiger partial charge in [0, 0.05) is 34.8 Å². The monoisotopic (exact) mass is 671 g/mol. The molecule has 4 aromatic carbocycles. The molecule has 0 saturated carbocycles. The van der Waals surface area contributed by atoms with Gasteiger partial charge in [0.15, 0.2) is 0 Å². The van der Waals surface area contributed by atoms with E-state index in [1.807, 2.05) is 68.4 Å². The van der Waals surface area contributed by atoms with E-state index < -0.39 is 16.0 Å². The molecule has 0 spiro atoms. The molecule has 0 aliphatic carbocycles. The summed E-state index contributed by atoms with van der Waals surface area (Å²) in [5.74, 6) is -1.30. The number of ether oxygens (including phenoxy) is 1. The number of carboxylic acids is 1. The largest absolute Gasteiger partial charge is 0.481 e. The first-order chi connectivity index (χ1) is 22.4. The third-order valence-corrected chi connectivity index (χ3v) is 10.9. The Labute approximate surface area is 279 Å². The maximum Gasteiger partial charge on any atom is 0.307 e. The highest BCUT2D eigenvalue weighted by Gasteiger charge is 2.34. The molecule has 0 unspecified atom stereocenters. The highest BCUT2D eigenvalue weighted by Crippen LogP contribution is 2.49. The molecule has 1 amide bonds. The maximum absolute atomic E-state index is 13.5. The summed E-state index contributed by atoms with van der Waals surface area (Å²) in [5, 5.41) is 12.9. The van der Waals surface area contributed by atoms with Gasteiger partial charge < -0.3 is 15.2 Å². The first-order valence-corrected chi connectivity index (χ1v) is 18.0. The highest BCUT2D eigenvalue weighted by molar-refractivity contribution is 7.97. The molecule has 9 nitrogen and oxygen atoms in total. The normalized spacial score (nSPS) is 14.8. The molecular weight excluding hydrogens is 635 g/mol. The smallest absolute Gasteiger partial charge is 0.307 e. The van der Waals surface area contributed by atoms with E-state index in [-0.39, 0.29) is 18.9 Å². The van der Waals surface area contributed by atoms with Crippen LogP contribution in [0.5, 0.6) is 0 Å². The number of nitrogens with one attached hydrogen (secondary N) is 1. The second-order valence-electron chi connectivity index (χ2n) is 12.0. The number of sulfonamides is 1. The Morgan fingerprint density at radius 2 is 1.66 bits per heavy atom. The zero-order chi connectivity index (χ0) is 33.5. The van der Waals surface area contributed by atoms with Crippen LogP contribution in [-0.2, 0) is 32.5 Å². The van der Waals surface area contributed by atoms with E-state index in [4.69, 9.17) is 4.74 Å². The van der Waals surface area contributed by atoms with Crippen molar-refractivity contribution in [2.45, 2.75) is 38.6 Å². The molecule has 6 rings (SSSR count). The van der Waals surface area contributed by atoms with Gasteiger partial charge >= 0.3 is 5.97 Å². The average molecular weight is 672 g/mol.